The molecule has 3 nitrogen and oxygen atoms in total. The number of anilines is 1. The number of hydrogen-bond donors (Lipinski definition) is 1. The van der Waals surface area contributed by atoms with Crippen molar-refractivity contribution in [3.8, 4) is 11.4 Å². The zero-order chi connectivity index (χ0) is 18.1. The van der Waals surface area contributed by atoms with E-state index in [0.29, 0.717) is 27.8 Å². The molecule has 1 saturated carbocycles. The van der Waals surface area contributed by atoms with Gasteiger partial charge in [0.05, 0.1) is 10.5 Å². The van der Waals surface area contributed by atoms with Gasteiger partial charge in [0.25, 0.3) is 0 Å². The largest absolute Gasteiger partial charge is 0.366 e. The lowest BCUT2D eigenvalue weighted by atomic mass is 9.86. The Morgan fingerprint density at radius 2 is 1.81 bits per heavy atom. The van der Waals surface area contributed by atoms with Crippen molar-refractivity contribution in [3.05, 3.63) is 52.5 Å². The van der Waals surface area contributed by atoms with E-state index >= 15 is 0 Å². The van der Waals surface area contributed by atoms with Gasteiger partial charge in [0.15, 0.2) is 5.82 Å². The molecular weight excluding hydrogens is 365 g/mol. The molecule has 0 saturated heterocycles. The highest BCUT2D eigenvalue weighted by atomic mass is 35.5. The SMILES string of the molecule is CC1CCCCC1Nc1nc(-c2ccc(Cl)cc2Cl)nc2ccccc12. The van der Waals surface area contributed by atoms with Crippen molar-refractivity contribution >= 4 is 39.9 Å². The number of rotatable bonds is 3. The summed E-state index contributed by atoms with van der Waals surface area (Å²) in [6.07, 6.45) is 5.02. The fourth-order valence-electron chi connectivity index (χ4n) is 3.68. The highest BCUT2D eigenvalue weighted by Crippen LogP contribution is 2.33. The Balaban J connectivity index is 1.80. The summed E-state index contributed by atoms with van der Waals surface area (Å²) in [6.45, 7) is 2.32. The molecule has 1 fully saturated rings. The van der Waals surface area contributed by atoms with E-state index in [0.717, 1.165) is 22.3 Å². The third kappa shape index (κ3) is 3.51. The van der Waals surface area contributed by atoms with Gasteiger partial charge in [-0.1, -0.05) is 55.1 Å². The van der Waals surface area contributed by atoms with Crippen LogP contribution >= 0.6 is 23.2 Å². The minimum atomic E-state index is 0.440. The summed E-state index contributed by atoms with van der Waals surface area (Å²) >= 11 is 12.4. The molecule has 1 aliphatic carbocycles. The second-order valence-corrected chi connectivity index (χ2v) is 7.89. The van der Waals surface area contributed by atoms with Crippen molar-refractivity contribution in [2.24, 2.45) is 5.92 Å². The van der Waals surface area contributed by atoms with Gasteiger partial charge in [-0.25, -0.2) is 9.97 Å². The monoisotopic (exact) mass is 385 g/mol. The smallest absolute Gasteiger partial charge is 0.163 e. The Kier molecular flexibility index (Phi) is 5.01. The maximum Gasteiger partial charge on any atom is 0.163 e. The van der Waals surface area contributed by atoms with Gasteiger partial charge in [-0.15, -0.1) is 0 Å². The normalized spacial score (nSPS) is 20.3. The third-order valence-electron chi connectivity index (χ3n) is 5.21. The number of halogens is 2. The summed E-state index contributed by atoms with van der Waals surface area (Å²) in [7, 11) is 0. The van der Waals surface area contributed by atoms with Crippen LogP contribution in [0.2, 0.25) is 10.0 Å². The maximum absolute atomic E-state index is 6.40. The second-order valence-electron chi connectivity index (χ2n) is 7.05. The molecule has 5 heteroatoms. The topological polar surface area (TPSA) is 37.8 Å². The summed E-state index contributed by atoms with van der Waals surface area (Å²) in [5.41, 5.74) is 1.70. The lowest BCUT2D eigenvalue weighted by Gasteiger charge is -2.30. The molecule has 3 aromatic rings. The summed E-state index contributed by atoms with van der Waals surface area (Å²) in [4.78, 5) is 9.57. The van der Waals surface area contributed by atoms with E-state index in [1.54, 1.807) is 6.07 Å². The molecule has 2 atom stereocenters. The van der Waals surface area contributed by atoms with Crippen LogP contribution in [0.1, 0.15) is 32.6 Å². The zero-order valence-electron chi connectivity index (χ0n) is 14.7. The van der Waals surface area contributed by atoms with Crippen molar-refractivity contribution in [2.75, 3.05) is 5.32 Å². The Labute approximate surface area is 163 Å². The first-order chi connectivity index (χ1) is 12.6. The van der Waals surface area contributed by atoms with Crippen LogP contribution in [0.3, 0.4) is 0 Å². The van der Waals surface area contributed by atoms with Crippen LogP contribution in [0.5, 0.6) is 0 Å². The zero-order valence-corrected chi connectivity index (χ0v) is 16.2. The van der Waals surface area contributed by atoms with Crippen molar-refractivity contribution < 1.29 is 0 Å². The molecular formula is C21H21Cl2N3. The molecule has 4 rings (SSSR count). The Hall–Kier alpha value is -1.84. The Morgan fingerprint density at radius 1 is 1.00 bits per heavy atom. The van der Waals surface area contributed by atoms with Crippen LogP contribution < -0.4 is 5.32 Å². The molecule has 0 radical (unpaired) electrons. The van der Waals surface area contributed by atoms with Gasteiger partial charge in [-0.2, -0.15) is 0 Å². The minimum Gasteiger partial charge on any atom is -0.366 e. The molecule has 0 bridgehead atoms. The van der Waals surface area contributed by atoms with Crippen molar-refractivity contribution in [2.45, 2.75) is 38.6 Å². The molecule has 2 unspecified atom stereocenters. The van der Waals surface area contributed by atoms with Crippen LogP contribution in [-0.4, -0.2) is 16.0 Å². The molecule has 0 spiro atoms. The van der Waals surface area contributed by atoms with E-state index in [4.69, 9.17) is 33.2 Å². The van der Waals surface area contributed by atoms with E-state index in [2.05, 4.69) is 18.3 Å². The van der Waals surface area contributed by atoms with Crippen LogP contribution in [0.4, 0.5) is 5.82 Å². The molecule has 0 aliphatic heterocycles. The van der Waals surface area contributed by atoms with E-state index < -0.39 is 0 Å². The number of benzene rings is 2. The van der Waals surface area contributed by atoms with Gasteiger partial charge in [-0.05, 0) is 49.1 Å². The van der Waals surface area contributed by atoms with Crippen LogP contribution in [0, 0.1) is 5.92 Å². The first-order valence-corrected chi connectivity index (χ1v) is 9.86. The van der Waals surface area contributed by atoms with Gasteiger partial charge in [0.1, 0.15) is 5.82 Å². The Bertz CT molecular complexity index is 942. The summed E-state index contributed by atoms with van der Waals surface area (Å²) in [5.74, 6) is 2.15. The average molecular weight is 386 g/mol. The number of para-hydroxylation sites is 1. The van der Waals surface area contributed by atoms with Gasteiger partial charge >= 0.3 is 0 Å². The van der Waals surface area contributed by atoms with E-state index in [1.807, 2.05) is 30.3 Å². The lowest BCUT2D eigenvalue weighted by molar-refractivity contribution is 0.349. The van der Waals surface area contributed by atoms with Gasteiger partial charge in [0, 0.05) is 22.0 Å². The number of fused-ring (bicyclic) bond motifs is 1. The predicted octanol–water partition coefficient (Wildman–Crippen LogP) is 6.59. The molecule has 134 valence electrons. The van der Waals surface area contributed by atoms with Crippen molar-refractivity contribution in [3.63, 3.8) is 0 Å². The molecule has 1 aromatic heterocycles. The number of nitrogens with zero attached hydrogens (tertiary/aromatic N) is 2. The van der Waals surface area contributed by atoms with Crippen LogP contribution in [0.25, 0.3) is 22.3 Å². The molecule has 1 N–H and O–H groups in total. The highest BCUT2D eigenvalue weighted by Gasteiger charge is 2.22. The number of aromatic nitrogens is 2. The van der Waals surface area contributed by atoms with E-state index in [-0.39, 0.29) is 0 Å². The lowest BCUT2D eigenvalue weighted by Crippen LogP contribution is -2.30. The summed E-state index contributed by atoms with van der Waals surface area (Å²) in [5, 5.41) is 5.90. The molecule has 1 heterocycles. The average Bonchev–Trinajstić information content (AvgIpc) is 2.63. The van der Waals surface area contributed by atoms with Gasteiger partial charge in [0.2, 0.25) is 0 Å². The number of hydrogen-bond acceptors (Lipinski definition) is 3. The van der Waals surface area contributed by atoms with Gasteiger partial charge < -0.3 is 5.32 Å². The minimum absolute atomic E-state index is 0.440. The fraction of sp³-hybridized carbons (Fsp3) is 0.333. The molecule has 0 amide bonds. The van der Waals surface area contributed by atoms with E-state index in [9.17, 15) is 0 Å². The maximum atomic E-state index is 6.40. The summed E-state index contributed by atoms with van der Waals surface area (Å²) < 4.78 is 0. The van der Waals surface area contributed by atoms with Crippen LogP contribution in [0.15, 0.2) is 42.5 Å². The fourth-order valence-corrected chi connectivity index (χ4v) is 4.18. The van der Waals surface area contributed by atoms with Crippen LogP contribution in [-0.2, 0) is 0 Å². The highest BCUT2D eigenvalue weighted by molar-refractivity contribution is 6.36. The molecule has 26 heavy (non-hydrogen) atoms. The number of nitrogens with one attached hydrogen (secondary N) is 1. The molecule has 2 aromatic carbocycles. The van der Waals surface area contributed by atoms with Crippen molar-refractivity contribution in [1.29, 1.82) is 0 Å². The summed E-state index contributed by atoms with van der Waals surface area (Å²) in [6, 6.07) is 14.0. The second kappa shape index (κ2) is 7.42. The first kappa shape index (κ1) is 17.6. The third-order valence-corrected chi connectivity index (χ3v) is 5.76. The van der Waals surface area contributed by atoms with Crippen molar-refractivity contribution in [1.82, 2.24) is 9.97 Å². The first-order valence-electron chi connectivity index (χ1n) is 9.10. The predicted molar refractivity (Wildman–Crippen MR) is 110 cm³/mol. The van der Waals surface area contributed by atoms with E-state index in [1.165, 1.54) is 25.7 Å². The molecule has 1 aliphatic rings. The van der Waals surface area contributed by atoms with Gasteiger partial charge in [-0.3, -0.25) is 0 Å². The quantitative estimate of drug-likeness (QED) is 0.551. The standard InChI is InChI=1S/C21H21Cl2N3/c1-13-6-2-4-8-18(13)24-21-16-7-3-5-9-19(16)25-20(26-21)15-11-10-14(22)12-17(15)23/h3,5,7,9-13,18H,2,4,6,8H2,1H3,(H,24,25,26). The Morgan fingerprint density at radius 3 is 2.62 bits per heavy atom.